The predicted octanol–water partition coefficient (Wildman–Crippen LogP) is 4.13. The molecule has 1 heterocycles. The number of halogens is 2. The molecule has 1 aromatic rings. The average Bonchev–Trinajstić information content (AvgIpc) is 2.98. The number of rotatable bonds is 3. The van der Waals surface area contributed by atoms with E-state index in [1.54, 1.807) is 0 Å². The Hall–Kier alpha value is -0.280. The molecule has 1 saturated heterocycles. The third-order valence-corrected chi connectivity index (χ3v) is 5.35. The lowest BCUT2D eigenvalue weighted by molar-refractivity contribution is 0.125. The van der Waals surface area contributed by atoms with E-state index in [-0.39, 0.29) is 0 Å². The molecule has 1 saturated carbocycles. The summed E-state index contributed by atoms with van der Waals surface area (Å²) in [5.74, 6) is 0.700. The van der Waals surface area contributed by atoms with Crippen molar-refractivity contribution in [1.82, 2.24) is 10.2 Å². The molecule has 110 valence electrons. The molecule has 2 nitrogen and oxygen atoms in total. The molecule has 0 amide bonds. The summed E-state index contributed by atoms with van der Waals surface area (Å²) in [5.41, 5.74) is 1.16. The standard InChI is InChI=1S/C16H22Cl2N2/c17-13-6-3-7-14(18)15(13)16(12-4-1-2-5-12)20-10-8-19-9-11-20/h3,6-7,12,16,19H,1-2,4-5,8-11H2/t16-/m0/s1. The van der Waals surface area contributed by atoms with Crippen LogP contribution < -0.4 is 5.32 Å². The lowest BCUT2D eigenvalue weighted by Crippen LogP contribution is -2.46. The molecule has 3 rings (SSSR count). The second kappa shape index (κ2) is 6.65. The van der Waals surface area contributed by atoms with Gasteiger partial charge in [-0.2, -0.15) is 0 Å². The molecule has 1 aromatic carbocycles. The monoisotopic (exact) mass is 312 g/mol. The summed E-state index contributed by atoms with van der Waals surface area (Å²) in [6, 6.07) is 6.29. The van der Waals surface area contributed by atoms with Gasteiger partial charge >= 0.3 is 0 Å². The SMILES string of the molecule is Clc1cccc(Cl)c1[C@H](C1CCCC1)N1CCNCC1. The number of piperazine rings is 1. The van der Waals surface area contributed by atoms with Gasteiger partial charge in [0.1, 0.15) is 0 Å². The van der Waals surface area contributed by atoms with Crippen molar-refractivity contribution < 1.29 is 0 Å². The Labute approximate surface area is 131 Å². The Balaban J connectivity index is 1.95. The molecule has 1 aliphatic carbocycles. The molecule has 20 heavy (non-hydrogen) atoms. The predicted molar refractivity (Wildman–Crippen MR) is 85.6 cm³/mol. The number of nitrogens with zero attached hydrogens (tertiary/aromatic N) is 1. The summed E-state index contributed by atoms with van der Waals surface area (Å²) in [7, 11) is 0. The Morgan fingerprint density at radius 2 is 1.65 bits per heavy atom. The largest absolute Gasteiger partial charge is 0.314 e. The highest BCUT2D eigenvalue weighted by Crippen LogP contribution is 2.44. The van der Waals surface area contributed by atoms with Crippen LogP contribution in [0, 0.1) is 5.92 Å². The van der Waals surface area contributed by atoms with Gasteiger partial charge in [0.25, 0.3) is 0 Å². The van der Waals surface area contributed by atoms with Gasteiger partial charge in [-0.15, -0.1) is 0 Å². The van der Waals surface area contributed by atoms with E-state index in [2.05, 4.69) is 10.2 Å². The summed E-state index contributed by atoms with van der Waals surface area (Å²) in [6.45, 7) is 4.29. The van der Waals surface area contributed by atoms with E-state index < -0.39 is 0 Å². The smallest absolute Gasteiger partial charge is 0.0468 e. The topological polar surface area (TPSA) is 15.3 Å². The normalized spacial score (nSPS) is 23.1. The molecule has 0 spiro atoms. The Bertz CT molecular complexity index is 432. The van der Waals surface area contributed by atoms with Gasteiger partial charge in [0, 0.05) is 47.8 Å². The zero-order valence-electron chi connectivity index (χ0n) is 11.7. The minimum Gasteiger partial charge on any atom is -0.314 e. The second-order valence-electron chi connectivity index (χ2n) is 5.91. The minimum absolute atomic E-state index is 0.390. The molecule has 1 atom stereocenters. The van der Waals surface area contributed by atoms with Gasteiger partial charge in [-0.1, -0.05) is 42.1 Å². The van der Waals surface area contributed by atoms with E-state index in [4.69, 9.17) is 23.2 Å². The fourth-order valence-electron chi connectivity index (χ4n) is 3.74. The van der Waals surface area contributed by atoms with Crippen molar-refractivity contribution in [2.24, 2.45) is 5.92 Å². The zero-order chi connectivity index (χ0) is 13.9. The maximum absolute atomic E-state index is 6.50. The third kappa shape index (κ3) is 2.99. The van der Waals surface area contributed by atoms with Crippen LogP contribution in [0.25, 0.3) is 0 Å². The molecular weight excluding hydrogens is 291 g/mol. The second-order valence-corrected chi connectivity index (χ2v) is 6.73. The van der Waals surface area contributed by atoms with Crippen molar-refractivity contribution in [3.05, 3.63) is 33.8 Å². The molecule has 1 aliphatic heterocycles. The molecule has 0 radical (unpaired) electrons. The van der Waals surface area contributed by atoms with Gasteiger partial charge in [0.2, 0.25) is 0 Å². The van der Waals surface area contributed by atoms with Crippen LogP contribution in [-0.2, 0) is 0 Å². The highest BCUT2D eigenvalue weighted by Gasteiger charge is 2.34. The number of hydrogen-bond donors (Lipinski definition) is 1. The van der Waals surface area contributed by atoms with Gasteiger partial charge in [-0.3, -0.25) is 4.90 Å². The molecular formula is C16H22Cl2N2. The molecule has 2 aliphatic rings. The van der Waals surface area contributed by atoms with Crippen molar-refractivity contribution in [3.63, 3.8) is 0 Å². The third-order valence-electron chi connectivity index (χ3n) is 4.69. The summed E-state index contributed by atoms with van der Waals surface area (Å²) >= 11 is 13.0. The molecule has 0 unspecified atom stereocenters. The highest BCUT2D eigenvalue weighted by atomic mass is 35.5. The average molecular weight is 313 g/mol. The first-order valence-corrected chi connectivity index (χ1v) is 8.41. The van der Waals surface area contributed by atoms with E-state index in [9.17, 15) is 0 Å². The quantitative estimate of drug-likeness (QED) is 0.902. The van der Waals surface area contributed by atoms with Gasteiger partial charge in [0.15, 0.2) is 0 Å². The van der Waals surface area contributed by atoms with Crippen molar-refractivity contribution >= 4 is 23.2 Å². The van der Waals surface area contributed by atoms with Gasteiger partial charge in [0.05, 0.1) is 0 Å². The van der Waals surface area contributed by atoms with Gasteiger partial charge < -0.3 is 5.32 Å². The molecule has 2 fully saturated rings. The first-order valence-electron chi connectivity index (χ1n) is 7.66. The van der Waals surface area contributed by atoms with Crippen molar-refractivity contribution in [2.45, 2.75) is 31.7 Å². The molecule has 0 bridgehead atoms. The van der Waals surface area contributed by atoms with Crippen LogP contribution >= 0.6 is 23.2 Å². The van der Waals surface area contributed by atoms with Gasteiger partial charge in [-0.25, -0.2) is 0 Å². The molecule has 1 N–H and O–H groups in total. The number of benzene rings is 1. The van der Waals surface area contributed by atoms with E-state index in [0.717, 1.165) is 41.8 Å². The Kier molecular flexibility index (Phi) is 4.87. The van der Waals surface area contributed by atoms with Crippen LogP contribution in [0.15, 0.2) is 18.2 Å². The van der Waals surface area contributed by atoms with E-state index in [1.165, 1.54) is 25.7 Å². The van der Waals surface area contributed by atoms with E-state index >= 15 is 0 Å². The minimum atomic E-state index is 0.390. The summed E-state index contributed by atoms with van der Waals surface area (Å²) in [4.78, 5) is 2.58. The van der Waals surface area contributed by atoms with Crippen LogP contribution in [0.4, 0.5) is 0 Å². The summed E-state index contributed by atoms with van der Waals surface area (Å²) in [5, 5.41) is 5.09. The fraction of sp³-hybridized carbons (Fsp3) is 0.625. The van der Waals surface area contributed by atoms with Crippen LogP contribution in [0.2, 0.25) is 10.0 Å². The van der Waals surface area contributed by atoms with Crippen LogP contribution in [0.1, 0.15) is 37.3 Å². The van der Waals surface area contributed by atoms with E-state index in [1.807, 2.05) is 18.2 Å². The highest BCUT2D eigenvalue weighted by molar-refractivity contribution is 6.36. The maximum Gasteiger partial charge on any atom is 0.0468 e. The Morgan fingerprint density at radius 3 is 2.25 bits per heavy atom. The van der Waals surface area contributed by atoms with Crippen LogP contribution in [0.5, 0.6) is 0 Å². The van der Waals surface area contributed by atoms with Crippen LogP contribution in [-0.4, -0.2) is 31.1 Å². The number of nitrogens with one attached hydrogen (secondary N) is 1. The fourth-order valence-corrected chi connectivity index (χ4v) is 4.36. The first-order chi connectivity index (χ1) is 9.77. The summed E-state index contributed by atoms with van der Waals surface area (Å²) < 4.78 is 0. The van der Waals surface area contributed by atoms with E-state index in [0.29, 0.717) is 12.0 Å². The van der Waals surface area contributed by atoms with Crippen molar-refractivity contribution in [3.8, 4) is 0 Å². The Morgan fingerprint density at radius 1 is 1.05 bits per heavy atom. The van der Waals surface area contributed by atoms with Gasteiger partial charge in [-0.05, 0) is 30.9 Å². The zero-order valence-corrected chi connectivity index (χ0v) is 13.3. The van der Waals surface area contributed by atoms with Crippen molar-refractivity contribution in [1.29, 1.82) is 0 Å². The lowest BCUT2D eigenvalue weighted by atomic mass is 9.89. The molecule has 4 heteroatoms. The lowest BCUT2D eigenvalue weighted by Gasteiger charge is -2.39. The van der Waals surface area contributed by atoms with Crippen molar-refractivity contribution in [2.75, 3.05) is 26.2 Å². The maximum atomic E-state index is 6.50. The summed E-state index contributed by atoms with van der Waals surface area (Å²) in [6.07, 6.45) is 5.29. The molecule has 0 aromatic heterocycles. The number of hydrogen-bond acceptors (Lipinski definition) is 2. The first kappa shape index (κ1) is 14.6. The van der Waals surface area contributed by atoms with Crippen LogP contribution in [0.3, 0.4) is 0 Å².